The Morgan fingerprint density at radius 1 is 1.28 bits per heavy atom. The maximum Gasteiger partial charge on any atom is 0.137 e. The zero-order chi connectivity index (χ0) is 12.5. The molecule has 90 valence electrons. The molecule has 2 N–H and O–H groups in total. The summed E-state index contributed by atoms with van der Waals surface area (Å²) in [6, 6.07) is 7.61. The van der Waals surface area contributed by atoms with Crippen LogP contribution in [0.4, 0.5) is 0 Å². The van der Waals surface area contributed by atoms with Gasteiger partial charge in [-0.3, -0.25) is 9.97 Å². The predicted molar refractivity (Wildman–Crippen MR) is 69.0 cm³/mol. The predicted octanol–water partition coefficient (Wildman–Crippen LogP) is 2.58. The molecule has 0 saturated heterocycles. The van der Waals surface area contributed by atoms with E-state index in [1.54, 1.807) is 18.6 Å². The minimum absolute atomic E-state index is 0.384. The van der Waals surface area contributed by atoms with Crippen molar-refractivity contribution in [2.75, 3.05) is 0 Å². The van der Waals surface area contributed by atoms with Gasteiger partial charge in [-0.05, 0) is 18.6 Å². The number of rotatable bonds is 2. The van der Waals surface area contributed by atoms with Crippen LogP contribution in [0.3, 0.4) is 0 Å². The van der Waals surface area contributed by atoms with E-state index < -0.39 is 0 Å². The molecule has 0 fully saturated rings. The maximum absolute atomic E-state index is 6.13. The van der Waals surface area contributed by atoms with Gasteiger partial charge < -0.3 is 10.2 Å². The highest BCUT2D eigenvalue weighted by Crippen LogP contribution is 2.27. The molecule has 1 aromatic carbocycles. The Kier molecular flexibility index (Phi) is 2.57. The average Bonchev–Trinajstić information content (AvgIpc) is 2.84. The Balaban J connectivity index is 2.07. The fourth-order valence-electron chi connectivity index (χ4n) is 2.00. The van der Waals surface area contributed by atoms with Crippen molar-refractivity contribution in [3.8, 4) is 0 Å². The van der Waals surface area contributed by atoms with E-state index in [1.807, 2.05) is 31.2 Å². The van der Waals surface area contributed by atoms with Crippen LogP contribution in [0.5, 0.6) is 0 Å². The van der Waals surface area contributed by atoms with Gasteiger partial charge in [-0.2, -0.15) is 0 Å². The van der Waals surface area contributed by atoms with Crippen LogP contribution >= 0.6 is 0 Å². The molecular weight excluding hydrogens is 226 g/mol. The quantitative estimate of drug-likeness (QED) is 0.746. The van der Waals surface area contributed by atoms with Gasteiger partial charge in [0.05, 0.1) is 11.9 Å². The topological polar surface area (TPSA) is 64.9 Å². The second-order valence-electron chi connectivity index (χ2n) is 4.25. The van der Waals surface area contributed by atoms with Crippen molar-refractivity contribution < 1.29 is 4.42 Å². The van der Waals surface area contributed by atoms with Crippen molar-refractivity contribution in [3.63, 3.8) is 0 Å². The maximum atomic E-state index is 6.13. The van der Waals surface area contributed by atoms with Crippen LogP contribution in [-0.2, 0) is 0 Å². The van der Waals surface area contributed by atoms with Crippen LogP contribution in [0.15, 0.2) is 47.3 Å². The normalized spacial score (nSPS) is 12.8. The molecule has 0 spiro atoms. The Labute approximate surface area is 104 Å². The van der Waals surface area contributed by atoms with Crippen LogP contribution in [0.1, 0.15) is 23.1 Å². The standard InChI is InChI=1S/C14H13N3O/c1-9-3-2-4-10-7-12(18-14(9)10)13(15)11-8-16-5-6-17-11/h2-8,13H,15H2,1H3. The van der Waals surface area contributed by atoms with Crippen LogP contribution < -0.4 is 5.73 Å². The summed E-state index contributed by atoms with van der Waals surface area (Å²) >= 11 is 0. The summed E-state index contributed by atoms with van der Waals surface area (Å²) in [7, 11) is 0. The third-order valence-corrected chi connectivity index (χ3v) is 2.97. The molecule has 0 amide bonds. The summed E-state index contributed by atoms with van der Waals surface area (Å²) in [6.07, 6.45) is 4.91. The van der Waals surface area contributed by atoms with Crippen LogP contribution in [0, 0.1) is 6.92 Å². The lowest BCUT2D eigenvalue weighted by Crippen LogP contribution is -2.12. The fraction of sp³-hybridized carbons (Fsp3) is 0.143. The number of nitrogens with two attached hydrogens (primary N) is 1. The van der Waals surface area contributed by atoms with Crippen molar-refractivity contribution in [3.05, 3.63) is 59.9 Å². The van der Waals surface area contributed by atoms with E-state index in [-0.39, 0.29) is 6.04 Å². The van der Waals surface area contributed by atoms with Crippen molar-refractivity contribution in [2.45, 2.75) is 13.0 Å². The van der Waals surface area contributed by atoms with Crippen LogP contribution in [0.2, 0.25) is 0 Å². The number of aryl methyl sites for hydroxylation is 1. The number of furan rings is 1. The van der Waals surface area contributed by atoms with E-state index in [0.717, 1.165) is 16.5 Å². The zero-order valence-electron chi connectivity index (χ0n) is 10.00. The Morgan fingerprint density at radius 2 is 2.17 bits per heavy atom. The first-order valence-electron chi connectivity index (χ1n) is 5.76. The molecule has 1 unspecified atom stereocenters. The van der Waals surface area contributed by atoms with Crippen molar-refractivity contribution in [1.29, 1.82) is 0 Å². The molecule has 1 atom stereocenters. The summed E-state index contributed by atoms with van der Waals surface area (Å²) in [4.78, 5) is 8.22. The molecule has 4 nitrogen and oxygen atoms in total. The highest BCUT2D eigenvalue weighted by atomic mass is 16.3. The Morgan fingerprint density at radius 3 is 2.89 bits per heavy atom. The number of para-hydroxylation sites is 1. The Bertz CT molecular complexity index is 676. The Hall–Kier alpha value is -2.20. The molecule has 2 heterocycles. The summed E-state index contributed by atoms with van der Waals surface area (Å²) in [5, 5.41) is 1.06. The van der Waals surface area contributed by atoms with E-state index in [0.29, 0.717) is 11.5 Å². The number of benzene rings is 1. The van der Waals surface area contributed by atoms with Gasteiger partial charge in [-0.15, -0.1) is 0 Å². The van der Waals surface area contributed by atoms with Crippen molar-refractivity contribution in [1.82, 2.24) is 9.97 Å². The lowest BCUT2D eigenvalue weighted by atomic mass is 10.1. The third kappa shape index (κ3) is 1.76. The first-order valence-corrected chi connectivity index (χ1v) is 5.76. The summed E-state index contributed by atoms with van der Waals surface area (Å²) in [5.74, 6) is 0.708. The van der Waals surface area contributed by atoms with Gasteiger partial charge in [-0.25, -0.2) is 0 Å². The molecule has 2 aromatic heterocycles. The highest BCUT2D eigenvalue weighted by molar-refractivity contribution is 5.81. The molecule has 4 heteroatoms. The molecule has 0 radical (unpaired) electrons. The van der Waals surface area contributed by atoms with Gasteiger partial charge in [0, 0.05) is 17.8 Å². The van der Waals surface area contributed by atoms with E-state index in [1.165, 1.54) is 0 Å². The number of fused-ring (bicyclic) bond motifs is 1. The molecule has 0 saturated carbocycles. The second kappa shape index (κ2) is 4.23. The summed E-state index contributed by atoms with van der Waals surface area (Å²) < 4.78 is 5.82. The van der Waals surface area contributed by atoms with Gasteiger partial charge in [0.25, 0.3) is 0 Å². The third-order valence-electron chi connectivity index (χ3n) is 2.97. The summed E-state index contributed by atoms with van der Waals surface area (Å²) in [5.41, 5.74) is 8.82. The lowest BCUT2D eigenvalue weighted by molar-refractivity contribution is 0.518. The second-order valence-corrected chi connectivity index (χ2v) is 4.25. The monoisotopic (exact) mass is 239 g/mol. The number of hydrogen-bond acceptors (Lipinski definition) is 4. The van der Waals surface area contributed by atoms with Gasteiger partial charge in [-0.1, -0.05) is 18.2 Å². The number of aromatic nitrogens is 2. The van der Waals surface area contributed by atoms with Crippen molar-refractivity contribution >= 4 is 11.0 Å². The molecule has 0 aliphatic carbocycles. The first kappa shape index (κ1) is 10.9. The minimum atomic E-state index is -0.384. The summed E-state index contributed by atoms with van der Waals surface area (Å²) in [6.45, 7) is 2.02. The van der Waals surface area contributed by atoms with Gasteiger partial charge in [0.1, 0.15) is 17.4 Å². The average molecular weight is 239 g/mol. The van der Waals surface area contributed by atoms with Gasteiger partial charge in [0.15, 0.2) is 0 Å². The van der Waals surface area contributed by atoms with E-state index in [9.17, 15) is 0 Å². The first-order chi connectivity index (χ1) is 8.75. The number of nitrogens with zero attached hydrogens (tertiary/aromatic N) is 2. The lowest BCUT2D eigenvalue weighted by Gasteiger charge is -2.06. The van der Waals surface area contributed by atoms with Crippen LogP contribution in [0.25, 0.3) is 11.0 Å². The number of hydrogen-bond donors (Lipinski definition) is 1. The smallest absolute Gasteiger partial charge is 0.137 e. The largest absolute Gasteiger partial charge is 0.459 e. The molecule has 0 aliphatic heterocycles. The minimum Gasteiger partial charge on any atom is -0.459 e. The molecule has 0 aliphatic rings. The molecule has 3 rings (SSSR count). The van der Waals surface area contributed by atoms with E-state index in [2.05, 4.69) is 9.97 Å². The van der Waals surface area contributed by atoms with Crippen molar-refractivity contribution in [2.24, 2.45) is 5.73 Å². The molecule has 3 aromatic rings. The van der Waals surface area contributed by atoms with Crippen LogP contribution in [-0.4, -0.2) is 9.97 Å². The van der Waals surface area contributed by atoms with Gasteiger partial charge in [0.2, 0.25) is 0 Å². The van der Waals surface area contributed by atoms with E-state index >= 15 is 0 Å². The molecular formula is C14H13N3O. The zero-order valence-corrected chi connectivity index (χ0v) is 10.00. The molecule has 0 bridgehead atoms. The SMILES string of the molecule is Cc1cccc2cc(C(N)c3cnccn3)oc12. The fourth-order valence-corrected chi connectivity index (χ4v) is 2.00. The van der Waals surface area contributed by atoms with E-state index in [4.69, 9.17) is 10.2 Å². The molecule has 18 heavy (non-hydrogen) atoms. The van der Waals surface area contributed by atoms with Gasteiger partial charge >= 0.3 is 0 Å². The highest BCUT2D eigenvalue weighted by Gasteiger charge is 2.16.